The lowest BCUT2D eigenvalue weighted by atomic mass is 10.2. The van der Waals surface area contributed by atoms with Crippen molar-refractivity contribution >= 4 is 31.3 Å². The van der Waals surface area contributed by atoms with Crippen LogP contribution in [0.5, 0.6) is 0 Å². The molecule has 2 aromatic rings. The van der Waals surface area contributed by atoms with Crippen molar-refractivity contribution < 1.29 is 17.9 Å². The summed E-state index contributed by atoms with van der Waals surface area (Å²) < 4.78 is 29.6. The minimum absolute atomic E-state index is 0.159. The molecule has 140 valence electrons. The molecule has 1 N–H and O–H groups in total. The fourth-order valence-electron chi connectivity index (χ4n) is 2.13. The van der Waals surface area contributed by atoms with Gasteiger partial charge in [-0.3, -0.25) is 0 Å². The largest absolute Gasteiger partial charge is 0.459 e. The first kappa shape index (κ1) is 20.3. The second-order valence-electron chi connectivity index (χ2n) is 6.05. The first-order valence-electron chi connectivity index (χ1n) is 8.29. The average Bonchev–Trinajstić information content (AvgIpc) is 2.59. The molecule has 0 aromatic heterocycles. The Morgan fingerprint density at radius 3 is 2.27 bits per heavy atom. The van der Waals surface area contributed by atoms with Gasteiger partial charge in [-0.1, -0.05) is 17.7 Å². The summed E-state index contributed by atoms with van der Waals surface area (Å²) in [7, 11) is -2.44. The summed E-state index contributed by atoms with van der Waals surface area (Å²) in [6.45, 7) is 6.01. The third-order valence-electron chi connectivity index (χ3n) is 3.44. The van der Waals surface area contributed by atoms with E-state index in [4.69, 9.17) is 4.74 Å². The van der Waals surface area contributed by atoms with Gasteiger partial charge in [0.2, 0.25) is 8.87 Å². The van der Waals surface area contributed by atoms with Crippen molar-refractivity contribution in [2.45, 2.75) is 31.8 Å². The Balaban J connectivity index is 1.82. The summed E-state index contributed by atoms with van der Waals surface area (Å²) in [5.74, 6) is 0.0548. The third-order valence-corrected chi connectivity index (χ3v) is 6.98. The van der Waals surface area contributed by atoms with Crippen LogP contribution < -0.4 is 5.32 Å². The zero-order chi connectivity index (χ0) is 19.2. The number of benzene rings is 2. The summed E-state index contributed by atoms with van der Waals surface area (Å²) in [4.78, 5) is 12.1. The van der Waals surface area contributed by atoms with Gasteiger partial charge >= 0.3 is 5.97 Å². The van der Waals surface area contributed by atoms with Crippen LogP contribution in [0, 0.1) is 6.92 Å². The molecular formula is C19H23NO4S2. The Hall–Kier alpha value is -1.99. The van der Waals surface area contributed by atoms with E-state index in [2.05, 4.69) is 5.32 Å². The minimum Gasteiger partial charge on any atom is -0.459 e. The molecule has 0 heterocycles. The van der Waals surface area contributed by atoms with Gasteiger partial charge in [-0.05, 0) is 68.0 Å². The highest BCUT2D eigenvalue weighted by atomic mass is 33.1. The van der Waals surface area contributed by atoms with Crippen molar-refractivity contribution in [3.8, 4) is 0 Å². The van der Waals surface area contributed by atoms with E-state index >= 15 is 0 Å². The maximum Gasteiger partial charge on any atom is 0.338 e. The highest BCUT2D eigenvalue weighted by molar-refractivity contribution is 8.72. The van der Waals surface area contributed by atoms with Gasteiger partial charge in [0.25, 0.3) is 0 Å². The third kappa shape index (κ3) is 6.07. The fourth-order valence-corrected chi connectivity index (χ4v) is 4.79. The van der Waals surface area contributed by atoms with Gasteiger partial charge < -0.3 is 10.1 Å². The predicted molar refractivity (Wildman–Crippen MR) is 106 cm³/mol. The Morgan fingerprint density at radius 2 is 1.69 bits per heavy atom. The molecule has 0 amide bonds. The van der Waals surface area contributed by atoms with Crippen LogP contribution in [0.15, 0.2) is 53.4 Å². The van der Waals surface area contributed by atoms with Crippen LogP contribution in [0.3, 0.4) is 0 Å². The first-order chi connectivity index (χ1) is 12.3. The van der Waals surface area contributed by atoms with Gasteiger partial charge in [-0.2, -0.15) is 0 Å². The Labute approximate surface area is 158 Å². The number of esters is 1. The SMILES string of the molecule is Cc1ccc(S(=O)(=O)SCCNc2ccc(C(=O)OC(C)C)cc2)cc1. The van der Waals surface area contributed by atoms with Gasteiger partial charge in [0.05, 0.1) is 16.6 Å². The number of hydrogen-bond donors (Lipinski definition) is 1. The zero-order valence-corrected chi connectivity index (χ0v) is 16.7. The van der Waals surface area contributed by atoms with Crippen LogP contribution in [0.4, 0.5) is 5.69 Å². The quantitative estimate of drug-likeness (QED) is 0.414. The first-order valence-corrected chi connectivity index (χ1v) is 11.3. The van der Waals surface area contributed by atoms with Crippen molar-refractivity contribution in [1.29, 1.82) is 0 Å². The van der Waals surface area contributed by atoms with E-state index in [0.717, 1.165) is 22.0 Å². The van der Waals surface area contributed by atoms with Gasteiger partial charge in [0.1, 0.15) is 0 Å². The summed E-state index contributed by atoms with van der Waals surface area (Å²) in [6.07, 6.45) is -0.159. The van der Waals surface area contributed by atoms with E-state index in [1.54, 1.807) is 62.4 Å². The monoisotopic (exact) mass is 393 g/mol. The van der Waals surface area contributed by atoms with E-state index in [-0.39, 0.29) is 12.1 Å². The Kier molecular flexibility index (Phi) is 7.11. The lowest BCUT2D eigenvalue weighted by Crippen LogP contribution is -2.11. The summed E-state index contributed by atoms with van der Waals surface area (Å²) in [5.41, 5.74) is 2.33. The van der Waals surface area contributed by atoms with Crippen molar-refractivity contribution in [1.82, 2.24) is 0 Å². The van der Waals surface area contributed by atoms with Crippen LogP contribution in [0.2, 0.25) is 0 Å². The fraction of sp³-hybridized carbons (Fsp3) is 0.316. The van der Waals surface area contributed by atoms with E-state index < -0.39 is 8.87 Å². The number of carbonyl (C=O) groups excluding carboxylic acids is 1. The number of carbonyl (C=O) groups is 1. The number of rotatable bonds is 8. The molecule has 0 spiro atoms. The molecule has 0 radical (unpaired) electrons. The minimum atomic E-state index is -3.35. The lowest BCUT2D eigenvalue weighted by molar-refractivity contribution is 0.0378. The van der Waals surface area contributed by atoms with Crippen molar-refractivity contribution in [3.05, 3.63) is 59.7 Å². The number of ether oxygens (including phenoxy) is 1. The molecule has 0 saturated carbocycles. The van der Waals surface area contributed by atoms with E-state index in [0.29, 0.717) is 22.8 Å². The van der Waals surface area contributed by atoms with Gasteiger partial charge in [-0.15, -0.1) is 0 Å². The molecule has 7 heteroatoms. The molecule has 0 aliphatic heterocycles. The molecule has 0 unspecified atom stereocenters. The predicted octanol–water partition coefficient (Wildman–Crippen LogP) is 4.09. The van der Waals surface area contributed by atoms with Gasteiger partial charge in [-0.25, -0.2) is 13.2 Å². The number of nitrogens with one attached hydrogen (secondary N) is 1. The lowest BCUT2D eigenvalue weighted by Gasteiger charge is -2.09. The highest BCUT2D eigenvalue weighted by Gasteiger charge is 2.14. The normalized spacial score (nSPS) is 11.4. The molecule has 0 saturated heterocycles. The maximum atomic E-state index is 12.2. The van der Waals surface area contributed by atoms with Crippen molar-refractivity contribution in [2.75, 3.05) is 17.6 Å². The Morgan fingerprint density at radius 1 is 1.08 bits per heavy atom. The molecule has 0 fully saturated rings. The van der Waals surface area contributed by atoms with E-state index in [9.17, 15) is 13.2 Å². The molecule has 5 nitrogen and oxygen atoms in total. The highest BCUT2D eigenvalue weighted by Crippen LogP contribution is 2.23. The van der Waals surface area contributed by atoms with Crippen LogP contribution in [-0.4, -0.2) is 32.8 Å². The smallest absolute Gasteiger partial charge is 0.338 e. The van der Waals surface area contributed by atoms with Crippen molar-refractivity contribution in [3.63, 3.8) is 0 Å². The molecule has 0 bridgehead atoms. The molecule has 0 aliphatic carbocycles. The van der Waals surface area contributed by atoms with E-state index in [1.165, 1.54) is 0 Å². The Bertz CT molecular complexity index is 829. The molecule has 26 heavy (non-hydrogen) atoms. The summed E-state index contributed by atoms with van der Waals surface area (Å²) >= 11 is 0. The van der Waals surface area contributed by atoms with E-state index in [1.807, 2.05) is 6.92 Å². The molecule has 2 rings (SSSR count). The topological polar surface area (TPSA) is 72.5 Å². The molecule has 0 aliphatic rings. The average molecular weight is 394 g/mol. The maximum absolute atomic E-state index is 12.2. The van der Waals surface area contributed by atoms with Crippen molar-refractivity contribution in [2.24, 2.45) is 0 Å². The number of aryl methyl sites for hydroxylation is 1. The second kappa shape index (κ2) is 9.09. The second-order valence-corrected chi connectivity index (χ2v) is 10.1. The van der Waals surface area contributed by atoms with Crippen LogP contribution in [0.25, 0.3) is 0 Å². The standard InChI is InChI=1S/C19H23NO4S2/c1-14(2)24-19(21)16-6-8-17(9-7-16)20-12-13-25-26(22,23)18-10-4-15(3)5-11-18/h4-11,14,20H,12-13H2,1-3H3. The number of anilines is 1. The van der Waals surface area contributed by atoms with Gasteiger partial charge in [0.15, 0.2) is 0 Å². The summed E-state index contributed by atoms with van der Waals surface area (Å²) in [6, 6.07) is 13.7. The number of hydrogen-bond acceptors (Lipinski definition) is 6. The molecule has 2 aromatic carbocycles. The molecule has 0 atom stereocenters. The zero-order valence-electron chi connectivity index (χ0n) is 15.1. The van der Waals surface area contributed by atoms with Crippen LogP contribution >= 0.6 is 10.8 Å². The summed E-state index contributed by atoms with van der Waals surface area (Å²) in [5, 5.41) is 3.15. The molecular weight excluding hydrogens is 370 g/mol. The van der Waals surface area contributed by atoms with Crippen LogP contribution in [0.1, 0.15) is 29.8 Å². The van der Waals surface area contributed by atoms with Crippen LogP contribution in [-0.2, 0) is 13.6 Å². The van der Waals surface area contributed by atoms with Gasteiger partial charge in [0, 0.05) is 18.0 Å².